The number of rotatable bonds is 6. The third kappa shape index (κ3) is 4.23. The van der Waals surface area contributed by atoms with Gasteiger partial charge < -0.3 is 9.64 Å². The van der Waals surface area contributed by atoms with Crippen LogP contribution in [0.2, 0.25) is 0 Å². The van der Waals surface area contributed by atoms with Gasteiger partial charge in [-0.25, -0.2) is 8.42 Å². The molecule has 1 aromatic carbocycles. The van der Waals surface area contributed by atoms with Gasteiger partial charge in [-0.2, -0.15) is 0 Å². The van der Waals surface area contributed by atoms with Gasteiger partial charge in [-0.05, 0) is 31.2 Å². The van der Waals surface area contributed by atoms with Crippen LogP contribution in [-0.2, 0) is 14.8 Å². The lowest BCUT2D eigenvalue weighted by Gasteiger charge is -2.19. The predicted octanol–water partition coefficient (Wildman–Crippen LogP) is 2.09. The van der Waals surface area contributed by atoms with Crippen molar-refractivity contribution in [2.75, 3.05) is 18.8 Å². The fourth-order valence-electron chi connectivity index (χ4n) is 1.91. The number of hydrogen-bond acceptors (Lipinski definition) is 5. The lowest BCUT2D eigenvalue weighted by atomic mass is 10.3. The van der Waals surface area contributed by atoms with E-state index in [9.17, 15) is 13.2 Å². The molecule has 0 saturated heterocycles. The zero-order chi connectivity index (χ0) is 17.7. The van der Waals surface area contributed by atoms with E-state index in [1.165, 1.54) is 25.9 Å². The van der Waals surface area contributed by atoms with Crippen molar-refractivity contribution in [2.45, 2.75) is 12.2 Å². The van der Waals surface area contributed by atoms with Gasteiger partial charge in [0.05, 0.1) is 5.69 Å². The number of nitrogens with one attached hydrogen (secondary N) is 1. The molecule has 128 valence electrons. The summed E-state index contributed by atoms with van der Waals surface area (Å²) < 4.78 is 33.0. The van der Waals surface area contributed by atoms with Gasteiger partial charge >= 0.3 is 0 Å². The van der Waals surface area contributed by atoms with Crippen molar-refractivity contribution in [3.63, 3.8) is 0 Å². The van der Waals surface area contributed by atoms with E-state index >= 15 is 0 Å². The quantitative estimate of drug-likeness (QED) is 0.863. The molecule has 1 heterocycles. The summed E-state index contributed by atoms with van der Waals surface area (Å²) in [6.07, 6.45) is 3.14. The van der Waals surface area contributed by atoms with Gasteiger partial charge in [-0.3, -0.25) is 14.5 Å². The van der Waals surface area contributed by atoms with Gasteiger partial charge in [-0.15, -0.1) is 0 Å². The fourth-order valence-corrected chi connectivity index (χ4v) is 3.04. The molecule has 8 heteroatoms. The van der Waals surface area contributed by atoms with Crippen LogP contribution in [0.5, 0.6) is 11.5 Å². The van der Waals surface area contributed by atoms with E-state index in [1.807, 2.05) is 0 Å². The van der Waals surface area contributed by atoms with Gasteiger partial charge in [0.2, 0.25) is 15.9 Å². The number of amides is 1. The number of anilines is 1. The van der Waals surface area contributed by atoms with Crippen molar-refractivity contribution < 1.29 is 17.9 Å². The maximum atomic E-state index is 12.4. The fraction of sp³-hybridized carbons (Fsp3) is 0.250. The Kier molecular flexibility index (Phi) is 5.40. The van der Waals surface area contributed by atoms with Crippen LogP contribution in [0.4, 0.5) is 5.69 Å². The summed E-state index contributed by atoms with van der Waals surface area (Å²) >= 11 is 0. The Hall–Kier alpha value is -2.61. The Morgan fingerprint density at radius 3 is 2.42 bits per heavy atom. The van der Waals surface area contributed by atoms with Crippen LogP contribution >= 0.6 is 0 Å². The maximum Gasteiger partial charge on any atom is 0.244 e. The van der Waals surface area contributed by atoms with Crippen LogP contribution in [0.1, 0.15) is 6.92 Å². The van der Waals surface area contributed by atoms with E-state index in [1.54, 1.807) is 48.8 Å². The SMILES string of the molecule is CC(C(=O)N(C)C)S(=O)(=O)Nc1ccccc1Oc1ccncc1. The number of para-hydroxylation sites is 2. The highest BCUT2D eigenvalue weighted by atomic mass is 32.2. The van der Waals surface area contributed by atoms with Crippen LogP contribution in [0.25, 0.3) is 0 Å². The normalized spacial score (nSPS) is 12.3. The number of aromatic nitrogens is 1. The van der Waals surface area contributed by atoms with Gasteiger partial charge in [-0.1, -0.05) is 12.1 Å². The third-order valence-corrected chi connectivity index (χ3v) is 4.91. The molecule has 0 saturated carbocycles. The summed E-state index contributed by atoms with van der Waals surface area (Å²) in [7, 11) is -0.888. The van der Waals surface area contributed by atoms with Gasteiger partial charge in [0.15, 0.2) is 11.0 Å². The number of ether oxygens (including phenoxy) is 1. The van der Waals surface area contributed by atoms with E-state index in [-0.39, 0.29) is 5.69 Å². The minimum Gasteiger partial charge on any atom is -0.455 e. The molecule has 2 rings (SSSR count). The number of carbonyl (C=O) groups is 1. The Balaban J connectivity index is 2.25. The van der Waals surface area contributed by atoms with Crippen LogP contribution in [0.3, 0.4) is 0 Å². The molecular formula is C16H19N3O4S. The monoisotopic (exact) mass is 349 g/mol. The molecule has 0 aliphatic rings. The van der Waals surface area contributed by atoms with E-state index in [0.29, 0.717) is 11.5 Å². The second-order valence-corrected chi connectivity index (χ2v) is 7.30. The molecular weight excluding hydrogens is 330 g/mol. The zero-order valence-electron chi connectivity index (χ0n) is 13.6. The van der Waals surface area contributed by atoms with Crippen molar-refractivity contribution >= 4 is 21.6 Å². The molecule has 1 amide bonds. The molecule has 1 N–H and O–H groups in total. The van der Waals surface area contributed by atoms with Crippen molar-refractivity contribution in [2.24, 2.45) is 0 Å². The number of carbonyl (C=O) groups excluding carboxylic acids is 1. The number of sulfonamides is 1. The molecule has 7 nitrogen and oxygen atoms in total. The first-order valence-corrected chi connectivity index (χ1v) is 8.75. The molecule has 24 heavy (non-hydrogen) atoms. The highest BCUT2D eigenvalue weighted by molar-refractivity contribution is 7.94. The first-order chi connectivity index (χ1) is 11.3. The van der Waals surface area contributed by atoms with Crippen molar-refractivity contribution in [1.29, 1.82) is 0 Å². The standard InChI is InChI=1S/C16H19N3O4S/c1-12(16(20)19(2)3)24(21,22)18-14-6-4-5-7-15(14)23-13-8-10-17-11-9-13/h4-12,18H,1-3H3. The molecule has 0 bridgehead atoms. The summed E-state index contributed by atoms with van der Waals surface area (Å²) in [5.41, 5.74) is 0.257. The molecule has 1 unspecified atom stereocenters. The van der Waals surface area contributed by atoms with E-state index in [2.05, 4.69) is 9.71 Å². The summed E-state index contributed by atoms with van der Waals surface area (Å²) in [6, 6.07) is 9.92. The lowest BCUT2D eigenvalue weighted by molar-refractivity contribution is -0.127. The Morgan fingerprint density at radius 1 is 1.17 bits per heavy atom. The van der Waals surface area contributed by atoms with Crippen LogP contribution in [0.15, 0.2) is 48.8 Å². The van der Waals surface area contributed by atoms with Crippen LogP contribution in [0, 0.1) is 0 Å². The molecule has 0 fully saturated rings. The Labute approximate surface area is 141 Å². The zero-order valence-corrected chi connectivity index (χ0v) is 14.4. The van der Waals surface area contributed by atoms with E-state index in [4.69, 9.17) is 4.74 Å². The molecule has 0 aliphatic heterocycles. The van der Waals surface area contributed by atoms with Crippen molar-refractivity contribution in [3.05, 3.63) is 48.8 Å². The van der Waals surface area contributed by atoms with Crippen LogP contribution in [-0.4, -0.2) is 43.6 Å². The number of benzene rings is 1. The second kappa shape index (κ2) is 7.31. The second-order valence-electron chi connectivity index (χ2n) is 5.30. The molecule has 1 atom stereocenters. The summed E-state index contributed by atoms with van der Waals surface area (Å²) in [5, 5.41) is -1.22. The topological polar surface area (TPSA) is 88.6 Å². The van der Waals surface area contributed by atoms with Gasteiger partial charge in [0, 0.05) is 26.5 Å². The van der Waals surface area contributed by atoms with Gasteiger partial charge in [0.25, 0.3) is 0 Å². The van der Waals surface area contributed by atoms with Gasteiger partial charge in [0.1, 0.15) is 5.75 Å². The molecule has 2 aromatic rings. The average Bonchev–Trinajstić information content (AvgIpc) is 2.56. The van der Waals surface area contributed by atoms with Crippen molar-refractivity contribution in [1.82, 2.24) is 9.88 Å². The highest BCUT2D eigenvalue weighted by Gasteiger charge is 2.29. The molecule has 0 aliphatic carbocycles. The summed E-state index contributed by atoms with van der Waals surface area (Å²) in [4.78, 5) is 17.1. The third-order valence-electron chi connectivity index (χ3n) is 3.27. The summed E-state index contributed by atoms with van der Waals surface area (Å²) in [5.74, 6) is 0.348. The predicted molar refractivity (Wildman–Crippen MR) is 91.5 cm³/mol. The van der Waals surface area contributed by atoms with E-state index in [0.717, 1.165) is 0 Å². The minimum atomic E-state index is -3.91. The summed E-state index contributed by atoms with van der Waals surface area (Å²) in [6.45, 7) is 1.34. The molecule has 0 radical (unpaired) electrons. The number of pyridine rings is 1. The maximum absolute atomic E-state index is 12.4. The Bertz CT molecular complexity index is 807. The van der Waals surface area contributed by atoms with E-state index < -0.39 is 21.2 Å². The molecule has 1 aromatic heterocycles. The molecule has 0 spiro atoms. The minimum absolute atomic E-state index is 0.257. The number of hydrogen-bond donors (Lipinski definition) is 1. The van der Waals surface area contributed by atoms with Crippen molar-refractivity contribution in [3.8, 4) is 11.5 Å². The first kappa shape index (κ1) is 17.7. The lowest BCUT2D eigenvalue weighted by Crippen LogP contribution is -2.39. The average molecular weight is 349 g/mol. The largest absolute Gasteiger partial charge is 0.455 e. The Morgan fingerprint density at radius 2 is 1.79 bits per heavy atom. The smallest absolute Gasteiger partial charge is 0.244 e. The first-order valence-electron chi connectivity index (χ1n) is 7.21. The number of nitrogens with zero attached hydrogens (tertiary/aromatic N) is 2. The highest BCUT2D eigenvalue weighted by Crippen LogP contribution is 2.30. The van der Waals surface area contributed by atoms with Crippen LogP contribution < -0.4 is 9.46 Å².